The third-order valence-electron chi connectivity index (χ3n) is 4.88. The van der Waals surface area contributed by atoms with Crippen LogP contribution >= 0.6 is 0 Å². The van der Waals surface area contributed by atoms with E-state index in [4.69, 9.17) is 5.73 Å². The van der Waals surface area contributed by atoms with Crippen molar-refractivity contribution in [2.24, 2.45) is 11.1 Å². The van der Waals surface area contributed by atoms with Crippen molar-refractivity contribution in [2.75, 3.05) is 26.7 Å². The summed E-state index contributed by atoms with van der Waals surface area (Å²) in [5, 5.41) is 0. The Bertz CT molecular complexity index is 601. The third-order valence-corrected chi connectivity index (χ3v) is 4.88. The summed E-state index contributed by atoms with van der Waals surface area (Å²) in [6, 6.07) is 7.52. The molecule has 2 fully saturated rings. The van der Waals surface area contributed by atoms with Gasteiger partial charge in [-0.1, -0.05) is 12.1 Å². The smallest absolute Gasteiger partial charge is 0.253 e. The second kappa shape index (κ2) is 5.72. The number of benzene rings is 1. The molecule has 1 spiro atoms. The lowest BCUT2D eigenvalue weighted by Gasteiger charge is -2.39. The van der Waals surface area contributed by atoms with Crippen LogP contribution in [0.1, 0.15) is 35.2 Å². The number of carbonyl (C=O) groups is 2. The molecule has 5 heteroatoms. The lowest BCUT2D eigenvalue weighted by molar-refractivity contribution is -0.126. The molecule has 118 valence electrons. The van der Waals surface area contributed by atoms with Crippen molar-refractivity contribution in [2.45, 2.75) is 25.8 Å². The number of carbonyl (C=O) groups excluding carboxylic acids is 2. The molecular formula is C17H23N3O2. The van der Waals surface area contributed by atoms with Crippen LogP contribution in [0.15, 0.2) is 24.3 Å². The average molecular weight is 301 g/mol. The van der Waals surface area contributed by atoms with Crippen molar-refractivity contribution in [1.29, 1.82) is 0 Å². The van der Waals surface area contributed by atoms with E-state index in [9.17, 15) is 9.59 Å². The fourth-order valence-electron chi connectivity index (χ4n) is 3.77. The van der Waals surface area contributed by atoms with Crippen molar-refractivity contribution >= 4 is 11.8 Å². The summed E-state index contributed by atoms with van der Waals surface area (Å²) in [5.41, 5.74) is 7.26. The number of hydrogen-bond acceptors (Lipinski definition) is 3. The van der Waals surface area contributed by atoms with Gasteiger partial charge < -0.3 is 15.5 Å². The molecule has 2 aliphatic rings. The van der Waals surface area contributed by atoms with Crippen LogP contribution in [0.4, 0.5) is 0 Å². The van der Waals surface area contributed by atoms with Gasteiger partial charge in [0.05, 0.1) is 0 Å². The first-order valence-corrected chi connectivity index (χ1v) is 7.85. The second-order valence-electron chi connectivity index (χ2n) is 6.66. The van der Waals surface area contributed by atoms with E-state index in [2.05, 4.69) is 0 Å². The van der Waals surface area contributed by atoms with Crippen LogP contribution < -0.4 is 5.73 Å². The summed E-state index contributed by atoms with van der Waals surface area (Å²) in [5.74, 6) is 0.246. The number of rotatable bonds is 2. The van der Waals surface area contributed by atoms with Crippen LogP contribution in [0.5, 0.6) is 0 Å². The molecule has 5 nitrogen and oxygen atoms in total. The molecule has 0 bridgehead atoms. The zero-order valence-electron chi connectivity index (χ0n) is 13.0. The van der Waals surface area contributed by atoms with Gasteiger partial charge in [0.25, 0.3) is 5.91 Å². The van der Waals surface area contributed by atoms with Gasteiger partial charge in [0.1, 0.15) is 0 Å². The fourth-order valence-corrected chi connectivity index (χ4v) is 3.77. The van der Waals surface area contributed by atoms with Gasteiger partial charge in [-0.2, -0.15) is 0 Å². The molecule has 1 aromatic rings. The van der Waals surface area contributed by atoms with Gasteiger partial charge in [0, 0.05) is 50.6 Å². The summed E-state index contributed by atoms with van der Waals surface area (Å²) in [4.78, 5) is 28.3. The van der Waals surface area contributed by atoms with Gasteiger partial charge in [-0.05, 0) is 30.5 Å². The Morgan fingerprint density at radius 1 is 1.36 bits per heavy atom. The Hall–Kier alpha value is -1.88. The highest BCUT2D eigenvalue weighted by Gasteiger charge is 2.45. The van der Waals surface area contributed by atoms with E-state index in [0.29, 0.717) is 25.1 Å². The minimum absolute atomic E-state index is 0.0504. The van der Waals surface area contributed by atoms with Crippen molar-refractivity contribution in [3.05, 3.63) is 35.4 Å². The predicted molar refractivity (Wildman–Crippen MR) is 84.2 cm³/mol. The van der Waals surface area contributed by atoms with Crippen LogP contribution in [0.3, 0.4) is 0 Å². The highest BCUT2D eigenvalue weighted by atomic mass is 16.2. The van der Waals surface area contributed by atoms with E-state index in [1.165, 1.54) is 0 Å². The first-order chi connectivity index (χ1) is 10.5. The zero-order chi connectivity index (χ0) is 15.7. The Labute approximate surface area is 131 Å². The Morgan fingerprint density at radius 3 is 2.86 bits per heavy atom. The zero-order valence-corrected chi connectivity index (χ0v) is 13.0. The van der Waals surface area contributed by atoms with Gasteiger partial charge >= 0.3 is 0 Å². The molecule has 22 heavy (non-hydrogen) atoms. The van der Waals surface area contributed by atoms with E-state index in [0.717, 1.165) is 31.5 Å². The lowest BCUT2D eigenvalue weighted by Crippen LogP contribution is -2.47. The molecule has 2 heterocycles. The summed E-state index contributed by atoms with van der Waals surface area (Å²) in [7, 11) is 1.85. The van der Waals surface area contributed by atoms with E-state index >= 15 is 0 Å². The van der Waals surface area contributed by atoms with E-state index in [1.54, 1.807) is 4.90 Å². The van der Waals surface area contributed by atoms with Gasteiger partial charge in [-0.3, -0.25) is 9.59 Å². The minimum atomic E-state index is -0.0504. The van der Waals surface area contributed by atoms with Gasteiger partial charge in [-0.25, -0.2) is 0 Å². The van der Waals surface area contributed by atoms with Crippen LogP contribution in [-0.2, 0) is 11.3 Å². The highest BCUT2D eigenvalue weighted by Crippen LogP contribution is 2.39. The van der Waals surface area contributed by atoms with Crippen LogP contribution in [-0.4, -0.2) is 48.3 Å². The average Bonchev–Trinajstić information content (AvgIpc) is 2.80. The predicted octanol–water partition coefficient (Wildman–Crippen LogP) is 1.23. The van der Waals surface area contributed by atoms with E-state index in [1.807, 2.05) is 36.2 Å². The maximum Gasteiger partial charge on any atom is 0.253 e. The Kier molecular flexibility index (Phi) is 3.91. The molecule has 3 rings (SSSR count). The monoisotopic (exact) mass is 301 g/mol. The Balaban J connectivity index is 1.77. The Morgan fingerprint density at radius 2 is 2.18 bits per heavy atom. The van der Waals surface area contributed by atoms with Crippen LogP contribution in [0.2, 0.25) is 0 Å². The summed E-state index contributed by atoms with van der Waals surface area (Å²) in [6.45, 7) is 2.64. The number of piperidine rings is 1. The molecule has 1 unspecified atom stereocenters. The molecule has 0 aliphatic carbocycles. The summed E-state index contributed by atoms with van der Waals surface area (Å²) in [6.07, 6.45) is 2.55. The molecule has 2 saturated heterocycles. The van der Waals surface area contributed by atoms with Gasteiger partial charge in [-0.15, -0.1) is 0 Å². The second-order valence-corrected chi connectivity index (χ2v) is 6.66. The van der Waals surface area contributed by atoms with Crippen molar-refractivity contribution in [3.8, 4) is 0 Å². The van der Waals surface area contributed by atoms with E-state index in [-0.39, 0.29) is 17.2 Å². The maximum absolute atomic E-state index is 12.8. The normalized spacial score (nSPS) is 25.1. The maximum atomic E-state index is 12.8. The molecule has 1 aromatic carbocycles. The van der Waals surface area contributed by atoms with Crippen molar-refractivity contribution < 1.29 is 9.59 Å². The molecule has 2 aliphatic heterocycles. The lowest BCUT2D eigenvalue weighted by atomic mass is 9.79. The fraction of sp³-hybridized carbons (Fsp3) is 0.529. The van der Waals surface area contributed by atoms with Gasteiger partial charge in [0.2, 0.25) is 5.91 Å². The molecule has 0 radical (unpaired) electrons. The quantitative estimate of drug-likeness (QED) is 0.893. The standard InChI is InChI=1S/C17H23N3O2/c1-19-11-17(9-15(19)21)6-3-7-20(12-17)16(22)14-5-2-4-13(8-14)10-18/h2,4-5,8H,3,6-7,9-12,18H2,1H3. The first-order valence-electron chi connectivity index (χ1n) is 7.85. The number of likely N-dealkylation sites (tertiary alicyclic amines) is 2. The number of hydrogen-bond donors (Lipinski definition) is 1. The first kappa shape index (κ1) is 15.0. The largest absolute Gasteiger partial charge is 0.345 e. The number of nitrogens with two attached hydrogens (primary N) is 1. The summed E-state index contributed by atoms with van der Waals surface area (Å²) < 4.78 is 0. The summed E-state index contributed by atoms with van der Waals surface area (Å²) >= 11 is 0. The molecule has 0 saturated carbocycles. The number of nitrogens with zero attached hydrogens (tertiary/aromatic N) is 2. The number of amides is 2. The molecular weight excluding hydrogens is 278 g/mol. The topological polar surface area (TPSA) is 66.6 Å². The van der Waals surface area contributed by atoms with Crippen molar-refractivity contribution in [1.82, 2.24) is 9.80 Å². The highest BCUT2D eigenvalue weighted by molar-refractivity contribution is 5.94. The molecule has 2 N–H and O–H groups in total. The minimum Gasteiger partial charge on any atom is -0.345 e. The molecule has 1 atom stereocenters. The van der Waals surface area contributed by atoms with Crippen molar-refractivity contribution in [3.63, 3.8) is 0 Å². The third kappa shape index (κ3) is 2.73. The molecule has 2 amide bonds. The van der Waals surface area contributed by atoms with E-state index < -0.39 is 0 Å². The van der Waals surface area contributed by atoms with Gasteiger partial charge in [0.15, 0.2) is 0 Å². The SMILES string of the molecule is CN1CC2(CCCN(C(=O)c3cccc(CN)c3)C2)CC1=O. The van der Waals surface area contributed by atoms with Crippen LogP contribution in [0, 0.1) is 5.41 Å². The van der Waals surface area contributed by atoms with Crippen LogP contribution in [0.25, 0.3) is 0 Å². The molecule has 0 aromatic heterocycles.